The zero-order valence-corrected chi connectivity index (χ0v) is 11.5. The fourth-order valence-electron chi connectivity index (χ4n) is 2.46. The Labute approximate surface area is 115 Å². The summed E-state index contributed by atoms with van der Waals surface area (Å²) in [6.45, 7) is 4.10. The predicted octanol–water partition coefficient (Wildman–Crippen LogP) is 3.14. The smallest absolute Gasteiger partial charge is 0.181 e. The largest absolute Gasteiger partial charge is 0.472 e. The highest BCUT2D eigenvalue weighted by atomic mass is 19.1. The van der Waals surface area contributed by atoms with Gasteiger partial charge in [0.05, 0.1) is 0 Å². The van der Waals surface area contributed by atoms with Crippen molar-refractivity contribution in [1.82, 2.24) is 0 Å². The summed E-state index contributed by atoms with van der Waals surface area (Å²) in [6, 6.07) is 3.85. The standard InChI is InChI=1S/C14H17F3N2O/c1-7(15)12-13(17)14(3,19-8(2)20-12)10-6-9(18)4-5-11(10)16/h4-7,12-13H,18H2,1-3H3/t7-,12+,13-,14+/m0/s1. The van der Waals surface area contributed by atoms with Gasteiger partial charge in [-0.25, -0.2) is 18.2 Å². The van der Waals surface area contributed by atoms with Crippen LogP contribution in [0.25, 0.3) is 0 Å². The summed E-state index contributed by atoms with van der Waals surface area (Å²) < 4.78 is 47.2. The molecule has 0 spiro atoms. The van der Waals surface area contributed by atoms with Gasteiger partial charge in [-0.15, -0.1) is 0 Å². The van der Waals surface area contributed by atoms with Crippen molar-refractivity contribution in [3.05, 3.63) is 29.6 Å². The lowest BCUT2D eigenvalue weighted by atomic mass is 9.82. The molecule has 0 saturated carbocycles. The Hall–Kier alpha value is -1.72. The second-order valence-electron chi connectivity index (χ2n) is 5.18. The molecular weight excluding hydrogens is 269 g/mol. The Morgan fingerprint density at radius 1 is 1.45 bits per heavy atom. The molecule has 1 heterocycles. The van der Waals surface area contributed by atoms with E-state index >= 15 is 0 Å². The number of nitrogens with zero attached hydrogens (tertiary/aromatic N) is 1. The van der Waals surface area contributed by atoms with E-state index in [4.69, 9.17) is 10.5 Å². The van der Waals surface area contributed by atoms with Gasteiger partial charge in [0.15, 0.2) is 18.2 Å². The Morgan fingerprint density at radius 3 is 2.70 bits per heavy atom. The van der Waals surface area contributed by atoms with Crippen molar-refractivity contribution >= 4 is 11.6 Å². The minimum absolute atomic E-state index is 0.00157. The summed E-state index contributed by atoms with van der Waals surface area (Å²) in [5.41, 5.74) is 4.35. The van der Waals surface area contributed by atoms with Crippen LogP contribution >= 0.6 is 0 Å². The lowest BCUT2D eigenvalue weighted by molar-refractivity contribution is -0.0223. The van der Waals surface area contributed by atoms with E-state index in [-0.39, 0.29) is 11.5 Å². The number of nitrogen functional groups attached to an aromatic ring is 1. The van der Waals surface area contributed by atoms with Crippen LogP contribution in [0.5, 0.6) is 0 Å². The molecule has 0 saturated heterocycles. The van der Waals surface area contributed by atoms with Gasteiger partial charge in [0.25, 0.3) is 0 Å². The van der Waals surface area contributed by atoms with E-state index in [2.05, 4.69) is 4.99 Å². The monoisotopic (exact) mass is 286 g/mol. The molecule has 1 aromatic rings. The van der Waals surface area contributed by atoms with Gasteiger partial charge in [-0.1, -0.05) is 0 Å². The highest BCUT2D eigenvalue weighted by Crippen LogP contribution is 2.40. The van der Waals surface area contributed by atoms with E-state index in [1.807, 2.05) is 0 Å². The second kappa shape index (κ2) is 5.00. The van der Waals surface area contributed by atoms with Crippen molar-refractivity contribution in [2.24, 2.45) is 4.99 Å². The lowest BCUT2D eigenvalue weighted by Crippen LogP contribution is -2.50. The van der Waals surface area contributed by atoms with Crippen LogP contribution in [-0.2, 0) is 10.3 Å². The van der Waals surface area contributed by atoms with E-state index in [1.54, 1.807) is 0 Å². The molecule has 1 aromatic carbocycles. The van der Waals surface area contributed by atoms with Crippen LogP contribution in [-0.4, -0.2) is 24.3 Å². The first-order chi connectivity index (χ1) is 9.25. The summed E-state index contributed by atoms with van der Waals surface area (Å²) in [5.74, 6) is -0.509. The first-order valence-corrected chi connectivity index (χ1v) is 6.32. The van der Waals surface area contributed by atoms with E-state index < -0.39 is 29.8 Å². The molecule has 0 radical (unpaired) electrons. The van der Waals surface area contributed by atoms with Crippen molar-refractivity contribution in [3.8, 4) is 0 Å². The number of nitrogens with two attached hydrogens (primary N) is 1. The zero-order valence-electron chi connectivity index (χ0n) is 11.5. The van der Waals surface area contributed by atoms with Gasteiger partial charge >= 0.3 is 0 Å². The van der Waals surface area contributed by atoms with Gasteiger partial charge in [-0.2, -0.15) is 0 Å². The third-order valence-electron chi connectivity index (χ3n) is 3.51. The molecule has 1 aliphatic heterocycles. The molecule has 4 atom stereocenters. The van der Waals surface area contributed by atoms with Gasteiger partial charge in [0.1, 0.15) is 17.5 Å². The van der Waals surface area contributed by atoms with Gasteiger partial charge in [-0.3, -0.25) is 0 Å². The second-order valence-corrected chi connectivity index (χ2v) is 5.18. The van der Waals surface area contributed by atoms with Gasteiger partial charge in [0, 0.05) is 18.2 Å². The molecule has 0 aliphatic carbocycles. The number of ether oxygens (including phenoxy) is 1. The average molecular weight is 286 g/mol. The van der Waals surface area contributed by atoms with Crippen molar-refractivity contribution in [3.63, 3.8) is 0 Å². The number of rotatable bonds is 2. The number of alkyl halides is 2. The molecular formula is C14H17F3N2O. The summed E-state index contributed by atoms with van der Waals surface area (Å²) in [5, 5.41) is 0. The number of halogens is 3. The quantitative estimate of drug-likeness (QED) is 0.849. The van der Waals surface area contributed by atoms with Crippen molar-refractivity contribution in [2.45, 2.75) is 44.8 Å². The number of benzene rings is 1. The van der Waals surface area contributed by atoms with Crippen LogP contribution in [0.1, 0.15) is 26.3 Å². The molecule has 20 heavy (non-hydrogen) atoms. The number of hydrogen-bond acceptors (Lipinski definition) is 3. The van der Waals surface area contributed by atoms with Crippen LogP contribution in [0.2, 0.25) is 0 Å². The molecule has 2 N–H and O–H groups in total. The Kier molecular flexibility index (Phi) is 3.67. The third-order valence-corrected chi connectivity index (χ3v) is 3.51. The Balaban J connectivity index is 2.56. The van der Waals surface area contributed by atoms with E-state index in [0.717, 1.165) is 6.07 Å². The summed E-state index contributed by atoms with van der Waals surface area (Å²) in [6.07, 6.45) is -4.68. The van der Waals surface area contributed by atoms with Crippen molar-refractivity contribution in [1.29, 1.82) is 0 Å². The van der Waals surface area contributed by atoms with Gasteiger partial charge in [0.2, 0.25) is 0 Å². The van der Waals surface area contributed by atoms with Crippen LogP contribution in [0.4, 0.5) is 18.9 Å². The Bertz CT molecular complexity index is 547. The summed E-state index contributed by atoms with van der Waals surface area (Å²) in [7, 11) is 0. The van der Waals surface area contributed by atoms with E-state index in [0.29, 0.717) is 5.69 Å². The third kappa shape index (κ3) is 2.34. The zero-order chi connectivity index (χ0) is 15.1. The number of anilines is 1. The highest BCUT2D eigenvalue weighted by Gasteiger charge is 2.49. The number of aliphatic imine (C=N–C) groups is 1. The normalized spacial score (nSPS) is 31.4. The van der Waals surface area contributed by atoms with Crippen LogP contribution in [0, 0.1) is 5.82 Å². The minimum Gasteiger partial charge on any atom is -0.472 e. The van der Waals surface area contributed by atoms with Crippen molar-refractivity contribution < 1.29 is 17.9 Å². The van der Waals surface area contributed by atoms with E-state index in [1.165, 1.54) is 32.9 Å². The molecule has 3 nitrogen and oxygen atoms in total. The summed E-state index contributed by atoms with van der Waals surface area (Å²) >= 11 is 0. The van der Waals surface area contributed by atoms with E-state index in [9.17, 15) is 13.2 Å². The predicted molar refractivity (Wildman–Crippen MR) is 71.6 cm³/mol. The first kappa shape index (κ1) is 14.7. The fraction of sp³-hybridized carbons (Fsp3) is 0.500. The maximum absolute atomic E-state index is 14.6. The number of hydrogen-bond donors (Lipinski definition) is 1. The molecule has 0 bridgehead atoms. The maximum atomic E-state index is 14.6. The van der Waals surface area contributed by atoms with Crippen LogP contribution in [0.15, 0.2) is 23.2 Å². The highest BCUT2D eigenvalue weighted by molar-refractivity contribution is 5.75. The first-order valence-electron chi connectivity index (χ1n) is 6.32. The van der Waals surface area contributed by atoms with Gasteiger partial charge < -0.3 is 10.5 Å². The maximum Gasteiger partial charge on any atom is 0.181 e. The molecule has 110 valence electrons. The Morgan fingerprint density at radius 2 is 2.10 bits per heavy atom. The average Bonchev–Trinajstić information content (AvgIpc) is 2.36. The molecule has 1 aliphatic rings. The minimum atomic E-state index is -1.82. The summed E-state index contributed by atoms with van der Waals surface area (Å²) in [4.78, 5) is 4.06. The molecule has 0 amide bonds. The van der Waals surface area contributed by atoms with Crippen LogP contribution in [0.3, 0.4) is 0 Å². The van der Waals surface area contributed by atoms with Crippen LogP contribution < -0.4 is 5.73 Å². The SMILES string of the molecule is CC1=N[C@](C)(c2cc(N)ccc2F)[C@@H](F)[C@@H]([C@H](C)F)O1. The molecule has 0 unspecified atom stereocenters. The molecule has 0 fully saturated rings. The molecule has 6 heteroatoms. The topological polar surface area (TPSA) is 47.6 Å². The molecule has 2 rings (SSSR count). The van der Waals surface area contributed by atoms with Crippen molar-refractivity contribution in [2.75, 3.05) is 5.73 Å². The molecule has 0 aromatic heterocycles. The lowest BCUT2D eigenvalue weighted by Gasteiger charge is -2.39. The fourth-order valence-corrected chi connectivity index (χ4v) is 2.46. The van der Waals surface area contributed by atoms with Gasteiger partial charge in [-0.05, 0) is 32.0 Å².